The lowest BCUT2D eigenvalue weighted by Crippen LogP contribution is -2.02. The number of hydrogen-bond donors (Lipinski definition) is 1. The van der Waals surface area contributed by atoms with Crippen molar-refractivity contribution in [2.24, 2.45) is 0 Å². The van der Waals surface area contributed by atoms with Crippen molar-refractivity contribution in [2.45, 2.75) is 9.37 Å². The molecular formula is C19H12Cl2N2OS2. The molecule has 2 aromatic heterocycles. The second-order valence-electron chi connectivity index (χ2n) is 5.48. The maximum Gasteiger partial charge on any atom is 0.328 e. The van der Waals surface area contributed by atoms with Crippen molar-refractivity contribution in [3.63, 3.8) is 0 Å². The molecule has 7 heteroatoms. The van der Waals surface area contributed by atoms with E-state index >= 15 is 0 Å². The van der Waals surface area contributed by atoms with Crippen LogP contribution in [0, 0.1) is 0 Å². The van der Waals surface area contributed by atoms with Gasteiger partial charge in [-0.3, -0.25) is 4.98 Å². The fourth-order valence-corrected chi connectivity index (χ4v) is 4.76. The molecule has 4 rings (SSSR count). The van der Waals surface area contributed by atoms with E-state index in [1.165, 1.54) is 11.3 Å². The number of thiophene rings is 1. The van der Waals surface area contributed by atoms with Gasteiger partial charge in [-0.05, 0) is 35.7 Å². The Bertz CT molecular complexity index is 950. The van der Waals surface area contributed by atoms with Crippen LogP contribution < -0.4 is 0 Å². The van der Waals surface area contributed by atoms with Crippen LogP contribution in [0.25, 0.3) is 22.5 Å². The van der Waals surface area contributed by atoms with E-state index in [0.29, 0.717) is 15.2 Å². The Morgan fingerprint density at radius 3 is 2.08 bits per heavy atom. The lowest BCUT2D eigenvalue weighted by atomic mass is 10.1. The Morgan fingerprint density at radius 1 is 0.885 bits per heavy atom. The number of benzene rings is 2. The predicted molar refractivity (Wildman–Crippen MR) is 108 cm³/mol. The van der Waals surface area contributed by atoms with Gasteiger partial charge < -0.3 is 4.55 Å². The highest BCUT2D eigenvalue weighted by molar-refractivity contribution is 7.93. The Kier molecular flexibility index (Phi) is 5.07. The van der Waals surface area contributed by atoms with Gasteiger partial charge in [0.25, 0.3) is 0 Å². The lowest BCUT2D eigenvalue weighted by molar-refractivity contribution is 0.590. The largest absolute Gasteiger partial charge is 0.603 e. The lowest BCUT2D eigenvalue weighted by Gasteiger charge is -2.03. The minimum Gasteiger partial charge on any atom is -0.603 e. The number of nitrogens with one attached hydrogen (secondary N) is 1. The number of halogens is 2. The van der Waals surface area contributed by atoms with Crippen LogP contribution >= 0.6 is 34.5 Å². The number of rotatable bonds is 4. The Labute approximate surface area is 167 Å². The summed E-state index contributed by atoms with van der Waals surface area (Å²) in [4.78, 5) is 7.88. The van der Waals surface area contributed by atoms with Crippen LogP contribution in [-0.2, 0) is 11.2 Å². The molecule has 26 heavy (non-hydrogen) atoms. The zero-order chi connectivity index (χ0) is 18.1. The highest BCUT2D eigenvalue weighted by Crippen LogP contribution is 2.34. The maximum absolute atomic E-state index is 12.8. The fraction of sp³-hybridized carbons (Fsp3) is 0. The molecule has 0 aliphatic heterocycles. The Morgan fingerprint density at radius 2 is 1.50 bits per heavy atom. The molecule has 3 nitrogen and oxygen atoms in total. The minimum atomic E-state index is -1.36. The first-order valence-corrected chi connectivity index (χ1v) is 10.5. The van der Waals surface area contributed by atoms with E-state index in [1.807, 2.05) is 66.0 Å². The first-order valence-electron chi connectivity index (χ1n) is 7.69. The highest BCUT2D eigenvalue weighted by Gasteiger charge is 2.24. The molecule has 0 amide bonds. The molecule has 1 unspecified atom stereocenters. The number of hydrogen-bond acceptors (Lipinski definition) is 3. The zero-order valence-corrected chi connectivity index (χ0v) is 16.4. The van der Waals surface area contributed by atoms with Crippen LogP contribution in [0.15, 0.2) is 75.4 Å². The van der Waals surface area contributed by atoms with Crippen LogP contribution in [0.3, 0.4) is 0 Å². The van der Waals surface area contributed by atoms with Gasteiger partial charge in [0, 0.05) is 27.2 Å². The summed E-state index contributed by atoms with van der Waals surface area (Å²) >= 11 is 12.1. The van der Waals surface area contributed by atoms with Gasteiger partial charge in [-0.25, -0.2) is 0 Å². The molecule has 2 heterocycles. The Hall–Kier alpha value is -1.76. The molecular weight excluding hydrogens is 407 g/mol. The van der Waals surface area contributed by atoms with E-state index in [9.17, 15) is 4.55 Å². The maximum atomic E-state index is 12.8. The van der Waals surface area contributed by atoms with Gasteiger partial charge in [0.1, 0.15) is 5.69 Å². The number of imidazole rings is 1. The monoisotopic (exact) mass is 418 g/mol. The molecule has 4 aromatic rings. The second-order valence-corrected chi connectivity index (χ2v) is 8.92. The average molecular weight is 419 g/mol. The normalized spacial score (nSPS) is 12.3. The van der Waals surface area contributed by atoms with Gasteiger partial charge in [0.15, 0.2) is 0 Å². The summed E-state index contributed by atoms with van der Waals surface area (Å²) in [7, 11) is 0. The molecule has 1 N–H and O–H groups in total. The van der Waals surface area contributed by atoms with Crippen molar-refractivity contribution in [1.82, 2.24) is 9.97 Å². The molecule has 2 aromatic carbocycles. The molecule has 1 atom stereocenters. The van der Waals surface area contributed by atoms with Crippen molar-refractivity contribution in [1.29, 1.82) is 0 Å². The smallest absolute Gasteiger partial charge is 0.328 e. The zero-order valence-electron chi connectivity index (χ0n) is 13.3. The Balaban J connectivity index is 1.84. The van der Waals surface area contributed by atoms with E-state index in [-0.39, 0.29) is 0 Å². The van der Waals surface area contributed by atoms with Crippen LogP contribution in [0.4, 0.5) is 0 Å². The first-order chi connectivity index (χ1) is 12.6. The van der Waals surface area contributed by atoms with Crippen LogP contribution in [0.5, 0.6) is 0 Å². The third-order valence-corrected chi connectivity index (χ3v) is 6.74. The minimum absolute atomic E-state index is 0.419. The van der Waals surface area contributed by atoms with Gasteiger partial charge in [-0.2, -0.15) is 4.98 Å². The average Bonchev–Trinajstić information content (AvgIpc) is 3.33. The van der Waals surface area contributed by atoms with Crippen molar-refractivity contribution in [3.8, 4) is 22.5 Å². The summed E-state index contributed by atoms with van der Waals surface area (Å²) in [5, 5.41) is 3.63. The van der Waals surface area contributed by atoms with Crippen molar-refractivity contribution >= 4 is 45.7 Å². The molecule has 0 spiro atoms. The summed E-state index contributed by atoms with van der Waals surface area (Å²) in [5.74, 6) is 0. The highest BCUT2D eigenvalue weighted by atomic mass is 35.5. The first kappa shape index (κ1) is 17.6. The van der Waals surface area contributed by atoms with Gasteiger partial charge in [0.2, 0.25) is 4.21 Å². The summed E-state index contributed by atoms with van der Waals surface area (Å²) in [6.07, 6.45) is 0. The van der Waals surface area contributed by atoms with E-state index in [2.05, 4.69) is 9.97 Å². The van der Waals surface area contributed by atoms with Crippen LogP contribution in [0.1, 0.15) is 0 Å². The number of nitrogens with zero attached hydrogens (tertiary/aromatic N) is 1. The van der Waals surface area contributed by atoms with E-state index in [0.717, 1.165) is 26.7 Å². The molecule has 0 aliphatic carbocycles. The van der Waals surface area contributed by atoms with Crippen molar-refractivity contribution in [2.75, 3.05) is 0 Å². The second kappa shape index (κ2) is 7.47. The number of aromatic amines is 1. The quantitative estimate of drug-likeness (QED) is 0.396. The molecule has 0 saturated heterocycles. The number of H-pyrrole nitrogens is 1. The van der Waals surface area contributed by atoms with E-state index < -0.39 is 11.2 Å². The van der Waals surface area contributed by atoms with Crippen molar-refractivity contribution in [3.05, 3.63) is 76.1 Å². The topological polar surface area (TPSA) is 51.7 Å². The molecule has 0 bridgehead atoms. The predicted octanol–water partition coefficient (Wildman–Crippen LogP) is 6.28. The molecule has 0 aliphatic rings. The summed E-state index contributed by atoms with van der Waals surface area (Å²) in [6, 6.07) is 18.6. The fourth-order valence-electron chi connectivity index (χ4n) is 2.55. The van der Waals surface area contributed by atoms with Gasteiger partial charge in [-0.1, -0.05) is 58.8 Å². The molecule has 0 fully saturated rings. The van der Waals surface area contributed by atoms with Gasteiger partial charge in [0.05, 0.1) is 16.9 Å². The molecule has 0 radical (unpaired) electrons. The number of aromatic nitrogens is 2. The standard InChI is InChI=1S/C19H12Cl2N2OS2/c20-14-7-3-12(4-8-14)17-18(13-5-9-15(21)10-6-13)23-19(22-17)26(24)16-2-1-11-25-16/h1-11H,(H,22,23). The van der Waals surface area contributed by atoms with Gasteiger partial charge >= 0.3 is 5.16 Å². The van der Waals surface area contributed by atoms with Crippen LogP contribution in [-0.4, -0.2) is 14.5 Å². The summed E-state index contributed by atoms with van der Waals surface area (Å²) in [5.41, 5.74) is 3.33. The van der Waals surface area contributed by atoms with Crippen LogP contribution in [0.2, 0.25) is 10.0 Å². The van der Waals surface area contributed by atoms with E-state index in [4.69, 9.17) is 23.2 Å². The summed E-state index contributed by atoms with van der Waals surface area (Å²) < 4.78 is 13.6. The third kappa shape index (κ3) is 3.54. The SMILES string of the molecule is [O-][S+](c1nc(-c2ccc(Cl)cc2)c(-c2ccc(Cl)cc2)[nH]1)c1cccs1. The van der Waals surface area contributed by atoms with Crippen molar-refractivity contribution < 1.29 is 4.55 Å². The third-order valence-electron chi connectivity index (χ3n) is 3.79. The summed E-state index contributed by atoms with van der Waals surface area (Å²) in [6.45, 7) is 0. The van der Waals surface area contributed by atoms with Gasteiger partial charge in [-0.15, -0.1) is 0 Å². The molecule has 0 saturated carbocycles. The van der Waals surface area contributed by atoms with E-state index in [1.54, 1.807) is 0 Å². The molecule has 130 valence electrons.